The monoisotopic (exact) mass is 913 g/mol. The molecule has 4 N–H and O–H groups in total. The van der Waals surface area contributed by atoms with E-state index < -0.39 is 96.0 Å². The fourth-order valence-electron chi connectivity index (χ4n) is 10.1. The Morgan fingerprint density at radius 3 is 2.16 bits per heavy atom. The second-order valence-corrected chi connectivity index (χ2v) is 20.2. The predicted molar refractivity (Wildman–Crippen MR) is 241 cm³/mol. The van der Waals surface area contributed by atoms with E-state index in [0.717, 1.165) is 0 Å². The number of methoxy groups -OCH3 is 2. The van der Waals surface area contributed by atoms with Gasteiger partial charge in [0.1, 0.15) is 29.7 Å². The lowest BCUT2D eigenvalue weighted by Crippen LogP contribution is -2.61. The highest BCUT2D eigenvalue weighted by atomic mass is 16.7. The Morgan fingerprint density at radius 2 is 1.58 bits per heavy atom. The molecule has 0 unspecified atom stereocenters. The first-order chi connectivity index (χ1) is 29.7. The Balaban J connectivity index is 1.89. The molecule has 4 rings (SSSR count). The van der Waals surface area contributed by atoms with Crippen LogP contribution in [0.1, 0.15) is 109 Å². The molecule has 16 heteroatoms. The third kappa shape index (κ3) is 12.6. The van der Waals surface area contributed by atoms with E-state index >= 15 is 0 Å². The van der Waals surface area contributed by atoms with Gasteiger partial charge in [0.25, 0.3) is 0 Å². The number of aliphatic hydroxyl groups is 4. The zero-order chi connectivity index (χ0) is 48.2. The van der Waals surface area contributed by atoms with Gasteiger partial charge in [0.15, 0.2) is 30.2 Å². The zero-order valence-electron chi connectivity index (χ0n) is 41.8. The first-order valence-corrected chi connectivity index (χ1v) is 23.3. The summed E-state index contributed by atoms with van der Waals surface area (Å²) in [5, 5.41) is 47.6. The van der Waals surface area contributed by atoms with E-state index in [1.807, 2.05) is 67.6 Å². The number of nitrogens with zero attached hydrogens (tertiary/aromatic N) is 2. The lowest BCUT2D eigenvalue weighted by molar-refractivity contribution is -0.316. The van der Waals surface area contributed by atoms with Crippen LogP contribution in [0.3, 0.4) is 0 Å². The molecule has 3 aliphatic heterocycles. The summed E-state index contributed by atoms with van der Waals surface area (Å²) in [6.45, 7) is 22.2. The van der Waals surface area contributed by atoms with E-state index in [9.17, 15) is 25.2 Å². The van der Waals surface area contributed by atoms with E-state index in [0.29, 0.717) is 30.2 Å². The van der Waals surface area contributed by atoms with Crippen LogP contribution < -0.4 is 14.2 Å². The molecule has 0 amide bonds. The second kappa shape index (κ2) is 22.2. The SMILES string of the molecule is CC[C@H]1OC(=O)[C@H](C)[C@@H](O[C@H]2C[C@@](C)(OC)[C@@H](O)[C@H](C)O2)[C@H](C)[C@@H](O[C@@H]2O[C@H](C)C[C@H](N(C)C)[C@H]2Oc2ccc(OC)c(OC(C)C)c2)[C@](C)(O)C[C@@H](C)CN(C)[C@H](C)[C@@H](O)[C@]1(C)O. The topological polar surface area (TPSA) is 188 Å². The molecule has 1 aromatic rings. The van der Waals surface area contributed by atoms with Crippen molar-refractivity contribution in [2.45, 2.75) is 205 Å². The van der Waals surface area contributed by atoms with Gasteiger partial charge in [0.2, 0.25) is 0 Å². The van der Waals surface area contributed by atoms with Crippen molar-refractivity contribution < 1.29 is 67.9 Å². The number of carbonyl (C=O) groups excluding carboxylic acids is 1. The van der Waals surface area contributed by atoms with Gasteiger partial charge in [-0.25, -0.2) is 0 Å². The minimum Gasteiger partial charge on any atom is -0.493 e. The number of esters is 1. The van der Waals surface area contributed by atoms with Crippen LogP contribution in [0.4, 0.5) is 0 Å². The molecule has 0 bridgehead atoms. The molecule has 0 aliphatic carbocycles. The number of hydrogen-bond donors (Lipinski definition) is 4. The summed E-state index contributed by atoms with van der Waals surface area (Å²) in [4.78, 5) is 18.6. The van der Waals surface area contributed by atoms with Crippen molar-refractivity contribution in [3.05, 3.63) is 18.2 Å². The van der Waals surface area contributed by atoms with Gasteiger partial charge in [-0.05, 0) is 121 Å². The standard InChI is InChI=1S/C48H84N2O14/c1-18-37-48(12,55)41(51)31(8)50(15)25-27(4)23-46(10,54)43(29(6)39(30(7)44(53)62-37)63-38-24-47(11,57-17)42(52)32(9)60-38)64-45-40(34(49(13)14)21-28(5)59-45)61-33-19-20-35(56-16)36(22-33)58-26(2)3/h19-20,22,26-32,34,37-43,45,51-52,54-55H,18,21,23-25H2,1-17H3/t27-,28-,29+,30-,31-,32+,34+,37-,38+,39+,40-,41-,42+,43-,45+,46-,47-,48-/m1/s1. The third-order valence-electron chi connectivity index (χ3n) is 14.0. The Morgan fingerprint density at radius 1 is 0.922 bits per heavy atom. The summed E-state index contributed by atoms with van der Waals surface area (Å²) in [6.07, 6.45) is -8.10. The molecule has 0 spiro atoms. The number of ether oxygens (including phenoxy) is 9. The van der Waals surface area contributed by atoms with Crippen LogP contribution in [-0.2, 0) is 33.2 Å². The summed E-state index contributed by atoms with van der Waals surface area (Å²) < 4.78 is 57.5. The Hall–Kier alpha value is -2.35. The van der Waals surface area contributed by atoms with Crippen molar-refractivity contribution in [2.75, 3.05) is 41.9 Å². The number of aliphatic hydroxyl groups excluding tert-OH is 2. The van der Waals surface area contributed by atoms with Gasteiger partial charge in [0.05, 0.1) is 60.8 Å². The molecular formula is C48H84N2O14. The van der Waals surface area contributed by atoms with Crippen molar-refractivity contribution in [3.8, 4) is 17.2 Å². The molecule has 3 heterocycles. The van der Waals surface area contributed by atoms with E-state index in [4.69, 9.17) is 42.6 Å². The maximum Gasteiger partial charge on any atom is 0.311 e. The highest BCUT2D eigenvalue weighted by molar-refractivity contribution is 5.73. The minimum absolute atomic E-state index is 0.121. The van der Waals surface area contributed by atoms with E-state index in [-0.39, 0.29) is 43.4 Å². The summed E-state index contributed by atoms with van der Waals surface area (Å²) in [5.74, 6) is -1.09. The van der Waals surface area contributed by atoms with Crippen LogP contribution in [0.15, 0.2) is 18.2 Å². The maximum absolute atomic E-state index is 14.5. The minimum atomic E-state index is -1.82. The lowest BCUT2D eigenvalue weighted by atomic mass is 9.77. The van der Waals surface area contributed by atoms with Crippen LogP contribution in [-0.4, -0.2) is 175 Å². The largest absolute Gasteiger partial charge is 0.493 e. The van der Waals surface area contributed by atoms with Gasteiger partial charge in [-0.3, -0.25) is 4.79 Å². The molecule has 0 aromatic heterocycles. The van der Waals surface area contributed by atoms with Crippen molar-refractivity contribution in [1.82, 2.24) is 9.80 Å². The van der Waals surface area contributed by atoms with Gasteiger partial charge in [-0.1, -0.05) is 20.8 Å². The molecule has 3 aliphatic rings. The molecule has 16 nitrogen and oxygen atoms in total. The van der Waals surface area contributed by atoms with Crippen LogP contribution in [0, 0.1) is 17.8 Å². The number of carbonyl (C=O) groups is 1. The molecule has 370 valence electrons. The highest BCUT2D eigenvalue weighted by Gasteiger charge is 2.53. The maximum atomic E-state index is 14.5. The van der Waals surface area contributed by atoms with Gasteiger partial charge >= 0.3 is 5.97 Å². The number of likely N-dealkylation sites (N-methyl/N-ethyl adjacent to an activating group) is 2. The van der Waals surface area contributed by atoms with Crippen molar-refractivity contribution in [2.24, 2.45) is 17.8 Å². The fraction of sp³-hybridized carbons (Fsp3) is 0.854. The quantitative estimate of drug-likeness (QED) is 0.210. The number of hydrogen-bond acceptors (Lipinski definition) is 16. The first kappa shape index (κ1) is 54.3. The molecule has 0 radical (unpaired) electrons. The number of cyclic esters (lactones) is 1. The molecule has 1 aromatic carbocycles. The summed E-state index contributed by atoms with van der Waals surface area (Å²) in [5.41, 5.74) is -4.46. The van der Waals surface area contributed by atoms with Crippen LogP contribution in [0.5, 0.6) is 17.2 Å². The highest BCUT2D eigenvalue weighted by Crippen LogP contribution is 2.41. The average molecular weight is 913 g/mol. The lowest BCUT2D eigenvalue weighted by Gasteiger charge is -2.49. The van der Waals surface area contributed by atoms with Crippen molar-refractivity contribution in [3.63, 3.8) is 0 Å². The molecule has 18 atom stereocenters. The smallest absolute Gasteiger partial charge is 0.311 e. The van der Waals surface area contributed by atoms with Gasteiger partial charge < -0.3 is 72.9 Å². The van der Waals surface area contributed by atoms with E-state index in [2.05, 4.69) is 4.90 Å². The fourth-order valence-corrected chi connectivity index (χ4v) is 10.1. The molecule has 0 saturated carbocycles. The number of rotatable bonds is 12. The Labute approximate surface area is 383 Å². The summed E-state index contributed by atoms with van der Waals surface area (Å²) in [7, 11) is 8.91. The van der Waals surface area contributed by atoms with Crippen LogP contribution >= 0.6 is 0 Å². The van der Waals surface area contributed by atoms with E-state index in [1.165, 1.54) is 14.0 Å². The second-order valence-electron chi connectivity index (χ2n) is 20.2. The van der Waals surface area contributed by atoms with Crippen molar-refractivity contribution >= 4 is 5.97 Å². The molecule has 3 fully saturated rings. The Bertz CT molecular complexity index is 1630. The predicted octanol–water partition coefficient (Wildman–Crippen LogP) is 4.78. The average Bonchev–Trinajstić information content (AvgIpc) is 3.21. The van der Waals surface area contributed by atoms with Crippen LogP contribution in [0.25, 0.3) is 0 Å². The summed E-state index contributed by atoms with van der Waals surface area (Å²) in [6, 6.07) is 4.62. The van der Waals surface area contributed by atoms with Crippen LogP contribution in [0.2, 0.25) is 0 Å². The first-order valence-electron chi connectivity index (χ1n) is 23.3. The number of benzene rings is 1. The van der Waals surface area contributed by atoms with Crippen molar-refractivity contribution in [1.29, 1.82) is 0 Å². The van der Waals surface area contributed by atoms with Gasteiger partial charge in [-0.15, -0.1) is 0 Å². The van der Waals surface area contributed by atoms with Gasteiger partial charge in [0, 0.05) is 38.1 Å². The third-order valence-corrected chi connectivity index (χ3v) is 14.0. The van der Waals surface area contributed by atoms with Gasteiger partial charge in [-0.2, -0.15) is 0 Å². The molecule has 64 heavy (non-hydrogen) atoms. The zero-order valence-corrected chi connectivity index (χ0v) is 41.8. The normalized spacial score (nSPS) is 42.4. The summed E-state index contributed by atoms with van der Waals surface area (Å²) >= 11 is 0. The van der Waals surface area contributed by atoms with E-state index in [1.54, 1.807) is 59.9 Å². The Kier molecular flexibility index (Phi) is 18.8. The molecule has 3 saturated heterocycles. The molecular weight excluding hydrogens is 829 g/mol.